The van der Waals surface area contributed by atoms with Crippen LogP contribution in [0.25, 0.3) is 0 Å². The highest BCUT2D eigenvalue weighted by Gasteiger charge is 2.27. The molecule has 1 aromatic carbocycles. The van der Waals surface area contributed by atoms with E-state index in [-0.39, 0.29) is 11.9 Å². The molecule has 0 bridgehead atoms. The van der Waals surface area contributed by atoms with Gasteiger partial charge in [0.2, 0.25) is 0 Å². The van der Waals surface area contributed by atoms with Crippen molar-refractivity contribution in [1.29, 1.82) is 0 Å². The number of hydrogen-bond donors (Lipinski definition) is 1. The Kier molecular flexibility index (Phi) is 6.27. The Morgan fingerprint density at radius 3 is 2.96 bits per heavy atom. The number of carbonyl (C=O) groups is 1. The Labute approximate surface area is 145 Å². The molecule has 2 atom stereocenters. The van der Waals surface area contributed by atoms with Crippen molar-refractivity contribution in [1.82, 2.24) is 10.2 Å². The first-order valence-corrected chi connectivity index (χ1v) is 9.51. The molecule has 2 fully saturated rings. The zero-order chi connectivity index (χ0) is 16.8. The number of benzene rings is 1. The predicted molar refractivity (Wildman–Crippen MR) is 96.4 cm³/mol. The summed E-state index contributed by atoms with van der Waals surface area (Å²) in [6.07, 6.45) is 5.58. The molecule has 1 N–H and O–H groups in total. The lowest BCUT2D eigenvalue weighted by Gasteiger charge is -2.33. The van der Waals surface area contributed by atoms with Crippen LogP contribution in [0.3, 0.4) is 0 Å². The molecule has 4 heteroatoms. The molecule has 24 heavy (non-hydrogen) atoms. The zero-order valence-corrected chi connectivity index (χ0v) is 14.8. The number of nitrogens with one attached hydrogen (secondary N) is 1. The largest absolute Gasteiger partial charge is 0.426 e. The monoisotopic (exact) mass is 330 g/mol. The van der Waals surface area contributed by atoms with E-state index >= 15 is 0 Å². The summed E-state index contributed by atoms with van der Waals surface area (Å²) in [6, 6.07) is 8.13. The van der Waals surface area contributed by atoms with E-state index in [9.17, 15) is 4.79 Å². The second-order valence-electron chi connectivity index (χ2n) is 7.14. The molecule has 0 aromatic heterocycles. The van der Waals surface area contributed by atoms with E-state index in [0.29, 0.717) is 5.92 Å². The maximum atomic E-state index is 12.5. The van der Waals surface area contributed by atoms with Crippen LogP contribution in [0, 0.1) is 5.92 Å². The van der Waals surface area contributed by atoms with Crippen LogP contribution < -0.4 is 10.1 Å². The fraction of sp³-hybridized carbons (Fsp3) is 0.650. The minimum atomic E-state index is -0.0733. The Morgan fingerprint density at radius 2 is 2.17 bits per heavy atom. The number of likely N-dealkylation sites (tertiary alicyclic amines) is 1. The number of ether oxygens (including phenoxy) is 1. The first-order chi connectivity index (χ1) is 11.8. The van der Waals surface area contributed by atoms with Gasteiger partial charge in [-0.05, 0) is 63.4 Å². The van der Waals surface area contributed by atoms with Crippen molar-refractivity contribution < 1.29 is 9.53 Å². The van der Waals surface area contributed by atoms with Crippen LogP contribution in [0.5, 0.6) is 5.75 Å². The van der Waals surface area contributed by atoms with Gasteiger partial charge in [-0.1, -0.05) is 25.1 Å². The van der Waals surface area contributed by atoms with E-state index in [1.54, 1.807) is 0 Å². The van der Waals surface area contributed by atoms with E-state index in [1.807, 2.05) is 12.1 Å². The van der Waals surface area contributed by atoms with Gasteiger partial charge >= 0.3 is 5.97 Å². The summed E-state index contributed by atoms with van der Waals surface area (Å²) in [5.41, 5.74) is 1.20. The average molecular weight is 330 g/mol. The van der Waals surface area contributed by atoms with Crippen molar-refractivity contribution in [3.8, 4) is 5.75 Å². The van der Waals surface area contributed by atoms with E-state index < -0.39 is 0 Å². The summed E-state index contributed by atoms with van der Waals surface area (Å²) in [4.78, 5) is 15.0. The molecule has 2 unspecified atom stereocenters. The maximum absolute atomic E-state index is 12.5. The van der Waals surface area contributed by atoms with Crippen LogP contribution in [-0.4, -0.2) is 43.6 Å². The maximum Gasteiger partial charge on any atom is 0.315 e. The highest BCUT2D eigenvalue weighted by Crippen LogP contribution is 2.33. The molecule has 4 nitrogen and oxygen atoms in total. The van der Waals surface area contributed by atoms with Crippen LogP contribution in [0.1, 0.15) is 50.5 Å². The molecule has 2 aliphatic heterocycles. The third kappa shape index (κ3) is 4.37. The lowest BCUT2D eigenvalue weighted by Crippen LogP contribution is -2.37. The number of esters is 1. The lowest BCUT2D eigenvalue weighted by atomic mass is 9.90. The van der Waals surface area contributed by atoms with E-state index in [4.69, 9.17) is 4.74 Å². The summed E-state index contributed by atoms with van der Waals surface area (Å²) in [5.74, 6) is 1.17. The molecule has 132 valence electrons. The van der Waals surface area contributed by atoms with E-state index in [1.165, 1.54) is 31.4 Å². The van der Waals surface area contributed by atoms with Crippen LogP contribution in [0.15, 0.2) is 24.3 Å². The van der Waals surface area contributed by atoms with Gasteiger partial charge in [0.05, 0.1) is 5.92 Å². The SMILES string of the molecule is CCCN1CCCC(c2ccccc2OC(=O)C2CCCNC2)C1. The van der Waals surface area contributed by atoms with Gasteiger partial charge in [0, 0.05) is 19.0 Å². The summed E-state index contributed by atoms with van der Waals surface area (Å²) in [7, 11) is 0. The number of para-hydroxylation sites is 1. The highest BCUT2D eigenvalue weighted by atomic mass is 16.5. The smallest absolute Gasteiger partial charge is 0.315 e. The lowest BCUT2D eigenvalue weighted by molar-refractivity contribution is -0.139. The summed E-state index contributed by atoms with van der Waals surface area (Å²) in [6.45, 7) is 7.42. The molecule has 0 amide bonds. The van der Waals surface area contributed by atoms with Gasteiger partial charge in [0.25, 0.3) is 0 Å². The van der Waals surface area contributed by atoms with Gasteiger partial charge in [-0.2, -0.15) is 0 Å². The molecular formula is C20H30N2O2. The van der Waals surface area contributed by atoms with Crippen LogP contribution in [0.2, 0.25) is 0 Å². The van der Waals surface area contributed by atoms with E-state index in [0.717, 1.165) is 44.8 Å². The molecule has 0 aliphatic carbocycles. The van der Waals surface area contributed by atoms with Crippen molar-refractivity contribution >= 4 is 5.97 Å². The Morgan fingerprint density at radius 1 is 1.29 bits per heavy atom. The summed E-state index contributed by atoms with van der Waals surface area (Å²) < 4.78 is 5.84. The van der Waals surface area contributed by atoms with Gasteiger partial charge in [-0.15, -0.1) is 0 Å². The standard InChI is InChI=1S/C20H30N2O2/c1-2-12-22-13-6-8-17(15-22)18-9-3-4-10-19(18)24-20(23)16-7-5-11-21-14-16/h3-4,9-10,16-17,21H,2,5-8,11-15H2,1H3. The fourth-order valence-electron chi connectivity index (χ4n) is 3.98. The van der Waals surface area contributed by atoms with Crippen LogP contribution in [-0.2, 0) is 4.79 Å². The van der Waals surface area contributed by atoms with Crippen molar-refractivity contribution in [3.05, 3.63) is 29.8 Å². The second-order valence-corrected chi connectivity index (χ2v) is 7.14. The molecule has 0 spiro atoms. The second kappa shape index (κ2) is 8.63. The van der Waals surface area contributed by atoms with Crippen molar-refractivity contribution in [2.24, 2.45) is 5.92 Å². The molecule has 0 radical (unpaired) electrons. The molecule has 1 aromatic rings. The van der Waals surface area contributed by atoms with Crippen molar-refractivity contribution in [2.45, 2.75) is 44.9 Å². The fourth-order valence-corrected chi connectivity index (χ4v) is 3.98. The van der Waals surface area contributed by atoms with Crippen molar-refractivity contribution in [2.75, 3.05) is 32.7 Å². The van der Waals surface area contributed by atoms with Gasteiger partial charge in [-0.25, -0.2) is 0 Å². The summed E-state index contributed by atoms with van der Waals surface area (Å²) >= 11 is 0. The third-order valence-electron chi connectivity index (χ3n) is 5.24. The number of piperidine rings is 2. The first kappa shape index (κ1) is 17.4. The number of nitrogens with zero attached hydrogens (tertiary/aromatic N) is 1. The minimum Gasteiger partial charge on any atom is -0.426 e. The normalized spacial score (nSPS) is 25.4. The van der Waals surface area contributed by atoms with Crippen LogP contribution in [0.4, 0.5) is 0 Å². The van der Waals surface area contributed by atoms with Gasteiger partial charge in [-0.3, -0.25) is 4.79 Å². The third-order valence-corrected chi connectivity index (χ3v) is 5.24. The summed E-state index contributed by atoms with van der Waals surface area (Å²) in [5, 5.41) is 3.29. The Bertz CT molecular complexity index is 538. The molecule has 2 aliphatic rings. The number of hydrogen-bond acceptors (Lipinski definition) is 4. The number of carbonyl (C=O) groups excluding carboxylic acids is 1. The molecule has 2 heterocycles. The molecular weight excluding hydrogens is 300 g/mol. The molecule has 2 saturated heterocycles. The molecule has 0 saturated carbocycles. The van der Waals surface area contributed by atoms with Gasteiger partial charge in [0.1, 0.15) is 5.75 Å². The highest BCUT2D eigenvalue weighted by molar-refractivity contribution is 5.76. The van der Waals surface area contributed by atoms with Gasteiger partial charge in [0.15, 0.2) is 0 Å². The Hall–Kier alpha value is -1.39. The van der Waals surface area contributed by atoms with E-state index in [2.05, 4.69) is 29.3 Å². The average Bonchev–Trinajstić information content (AvgIpc) is 2.63. The van der Waals surface area contributed by atoms with Crippen molar-refractivity contribution in [3.63, 3.8) is 0 Å². The van der Waals surface area contributed by atoms with Gasteiger partial charge < -0.3 is 15.0 Å². The Balaban J connectivity index is 1.69. The topological polar surface area (TPSA) is 41.6 Å². The minimum absolute atomic E-state index is 0.00486. The predicted octanol–water partition coefficient (Wildman–Crippen LogP) is 3.18. The quantitative estimate of drug-likeness (QED) is 0.665. The van der Waals surface area contributed by atoms with Crippen LogP contribution >= 0.6 is 0 Å². The first-order valence-electron chi connectivity index (χ1n) is 9.51. The molecule has 3 rings (SSSR count). The number of rotatable bonds is 5. The zero-order valence-electron chi connectivity index (χ0n) is 14.8.